The minimum atomic E-state index is -3.43. The molecule has 25 heavy (non-hydrogen) atoms. The van der Waals surface area contributed by atoms with E-state index >= 15 is 0 Å². The van der Waals surface area contributed by atoms with Crippen LogP contribution in [0.4, 0.5) is 0 Å². The highest BCUT2D eigenvalue weighted by atomic mass is 32.2. The van der Waals surface area contributed by atoms with Gasteiger partial charge in [0.25, 0.3) is 0 Å². The molecule has 0 radical (unpaired) electrons. The van der Waals surface area contributed by atoms with E-state index in [0.717, 1.165) is 30.2 Å². The summed E-state index contributed by atoms with van der Waals surface area (Å²) < 4.78 is 29.5. The van der Waals surface area contributed by atoms with E-state index in [2.05, 4.69) is 5.10 Å². The molecule has 130 valence electrons. The van der Waals surface area contributed by atoms with Gasteiger partial charge in [-0.2, -0.15) is 9.40 Å². The van der Waals surface area contributed by atoms with E-state index in [9.17, 15) is 8.42 Å². The van der Waals surface area contributed by atoms with Crippen LogP contribution in [0.1, 0.15) is 12.8 Å². The summed E-state index contributed by atoms with van der Waals surface area (Å²) >= 11 is 0. The molecule has 0 saturated carbocycles. The highest BCUT2D eigenvalue weighted by Crippen LogP contribution is 2.26. The summed E-state index contributed by atoms with van der Waals surface area (Å²) in [6.45, 7) is 2.00. The Hall–Kier alpha value is -2.18. The molecule has 0 unspecified atom stereocenters. The van der Waals surface area contributed by atoms with Crippen LogP contribution >= 0.6 is 0 Å². The molecule has 1 aliphatic rings. The van der Waals surface area contributed by atoms with Crippen molar-refractivity contribution in [1.82, 2.24) is 14.1 Å². The third-order valence-electron chi connectivity index (χ3n) is 4.94. The lowest BCUT2D eigenvalue weighted by atomic mass is 9.98. The fourth-order valence-electron chi connectivity index (χ4n) is 3.48. The van der Waals surface area contributed by atoms with Gasteiger partial charge in [-0.1, -0.05) is 30.3 Å². The molecule has 1 fully saturated rings. The Bertz CT molecular complexity index is 959. The predicted molar refractivity (Wildman–Crippen MR) is 97.7 cm³/mol. The fourth-order valence-corrected chi connectivity index (χ4v) is 4.99. The van der Waals surface area contributed by atoms with Crippen LogP contribution in [-0.2, 0) is 16.6 Å². The standard InChI is InChI=1S/C19H21N3O2S/c23-25(24,19-7-6-17-4-1-2-5-18(17)14-19)22-12-8-16(9-13-22)15-21-11-3-10-20-21/h1-7,10-11,14,16H,8-9,12-13,15H2. The minimum absolute atomic E-state index is 0.386. The minimum Gasteiger partial charge on any atom is -0.272 e. The van der Waals surface area contributed by atoms with Gasteiger partial charge in [0.15, 0.2) is 0 Å². The Balaban J connectivity index is 1.49. The molecule has 2 heterocycles. The molecule has 6 heteroatoms. The largest absolute Gasteiger partial charge is 0.272 e. The first kappa shape index (κ1) is 16.3. The normalized spacial score (nSPS) is 17.1. The number of hydrogen-bond donors (Lipinski definition) is 0. The van der Waals surface area contributed by atoms with Gasteiger partial charge < -0.3 is 0 Å². The lowest BCUT2D eigenvalue weighted by molar-refractivity contribution is 0.247. The van der Waals surface area contributed by atoms with E-state index in [0.29, 0.717) is 23.9 Å². The topological polar surface area (TPSA) is 55.2 Å². The highest BCUT2D eigenvalue weighted by molar-refractivity contribution is 7.89. The average molecular weight is 355 g/mol. The van der Waals surface area contributed by atoms with E-state index in [1.54, 1.807) is 22.6 Å². The number of rotatable bonds is 4. The van der Waals surface area contributed by atoms with Gasteiger partial charge in [-0.3, -0.25) is 4.68 Å². The number of hydrogen-bond acceptors (Lipinski definition) is 3. The SMILES string of the molecule is O=S(=O)(c1ccc2ccccc2c1)N1CCC(Cn2cccn2)CC1. The zero-order chi connectivity index (χ0) is 17.3. The third-order valence-corrected chi connectivity index (χ3v) is 6.83. The quantitative estimate of drug-likeness (QED) is 0.722. The van der Waals surface area contributed by atoms with Gasteiger partial charge in [-0.15, -0.1) is 0 Å². The van der Waals surface area contributed by atoms with Crippen molar-refractivity contribution in [1.29, 1.82) is 0 Å². The number of benzene rings is 2. The van der Waals surface area contributed by atoms with Gasteiger partial charge in [-0.25, -0.2) is 8.42 Å². The second-order valence-corrected chi connectivity index (χ2v) is 8.52. The Kier molecular flexibility index (Phi) is 4.31. The lowest BCUT2D eigenvalue weighted by Crippen LogP contribution is -2.39. The predicted octanol–water partition coefficient (Wildman–Crippen LogP) is 3.14. The average Bonchev–Trinajstić information content (AvgIpc) is 3.15. The van der Waals surface area contributed by atoms with Crippen molar-refractivity contribution in [3.05, 3.63) is 60.9 Å². The van der Waals surface area contributed by atoms with E-state index < -0.39 is 10.0 Å². The summed E-state index contributed by atoms with van der Waals surface area (Å²) in [7, 11) is -3.43. The number of piperidine rings is 1. The van der Waals surface area contributed by atoms with Gasteiger partial charge in [0.2, 0.25) is 10.0 Å². The zero-order valence-electron chi connectivity index (χ0n) is 14.0. The molecular formula is C19H21N3O2S. The molecule has 5 nitrogen and oxygen atoms in total. The van der Waals surface area contributed by atoms with E-state index in [1.165, 1.54) is 0 Å². The van der Waals surface area contributed by atoms with Gasteiger partial charge in [-0.05, 0) is 47.7 Å². The van der Waals surface area contributed by atoms with Gasteiger partial charge in [0.05, 0.1) is 4.90 Å². The molecule has 4 rings (SSSR count). The Morgan fingerprint density at radius 1 is 1.00 bits per heavy atom. The van der Waals surface area contributed by atoms with E-state index in [1.807, 2.05) is 47.3 Å². The molecule has 0 amide bonds. The molecule has 0 atom stereocenters. The number of nitrogens with zero attached hydrogens (tertiary/aromatic N) is 3. The summed E-state index contributed by atoms with van der Waals surface area (Å²) in [6, 6.07) is 15.1. The molecule has 3 aromatic rings. The summed E-state index contributed by atoms with van der Waals surface area (Å²) in [6.07, 6.45) is 5.47. The number of sulfonamides is 1. The van der Waals surface area contributed by atoms with Gasteiger partial charge >= 0.3 is 0 Å². The van der Waals surface area contributed by atoms with Crippen LogP contribution in [0.5, 0.6) is 0 Å². The van der Waals surface area contributed by atoms with Gasteiger partial charge in [0.1, 0.15) is 0 Å². The molecule has 0 N–H and O–H groups in total. The van der Waals surface area contributed by atoms with E-state index in [4.69, 9.17) is 0 Å². The number of aromatic nitrogens is 2. The van der Waals surface area contributed by atoms with Crippen LogP contribution in [0.25, 0.3) is 10.8 Å². The van der Waals surface area contributed by atoms with Crippen molar-refractivity contribution in [2.45, 2.75) is 24.3 Å². The van der Waals surface area contributed by atoms with Crippen molar-refractivity contribution in [2.24, 2.45) is 5.92 Å². The zero-order valence-corrected chi connectivity index (χ0v) is 14.8. The van der Waals surface area contributed by atoms with Crippen LogP contribution in [0, 0.1) is 5.92 Å². The van der Waals surface area contributed by atoms with Crippen molar-refractivity contribution in [2.75, 3.05) is 13.1 Å². The molecule has 2 aromatic carbocycles. The molecule has 1 aliphatic heterocycles. The maximum atomic E-state index is 13.0. The van der Waals surface area contributed by atoms with E-state index in [-0.39, 0.29) is 0 Å². The first-order valence-corrected chi connectivity index (χ1v) is 10.0. The third kappa shape index (κ3) is 3.32. The summed E-state index contributed by atoms with van der Waals surface area (Å²) in [4.78, 5) is 0.386. The van der Waals surface area contributed by atoms with Crippen molar-refractivity contribution in [3.63, 3.8) is 0 Å². The lowest BCUT2D eigenvalue weighted by Gasteiger charge is -2.31. The Morgan fingerprint density at radius 2 is 1.76 bits per heavy atom. The second kappa shape index (κ2) is 6.61. The van der Waals surface area contributed by atoms with Gasteiger partial charge in [0, 0.05) is 32.0 Å². The van der Waals surface area contributed by atoms with Crippen molar-refractivity contribution < 1.29 is 8.42 Å². The van der Waals surface area contributed by atoms with Crippen LogP contribution in [0.2, 0.25) is 0 Å². The maximum absolute atomic E-state index is 13.0. The first-order valence-electron chi connectivity index (χ1n) is 8.59. The first-order chi connectivity index (χ1) is 12.1. The fraction of sp³-hybridized carbons (Fsp3) is 0.316. The maximum Gasteiger partial charge on any atom is 0.243 e. The van der Waals surface area contributed by atoms with Crippen molar-refractivity contribution in [3.8, 4) is 0 Å². The Morgan fingerprint density at radius 3 is 2.48 bits per heavy atom. The summed E-state index contributed by atoms with van der Waals surface area (Å²) in [5.74, 6) is 0.475. The van der Waals surface area contributed by atoms with Crippen LogP contribution < -0.4 is 0 Å². The Labute approximate surface area is 147 Å². The second-order valence-electron chi connectivity index (χ2n) is 6.58. The molecule has 0 aliphatic carbocycles. The monoisotopic (exact) mass is 355 g/mol. The molecule has 1 aromatic heterocycles. The summed E-state index contributed by atoms with van der Waals surface area (Å²) in [5, 5.41) is 6.25. The van der Waals surface area contributed by atoms with Crippen LogP contribution in [0.15, 0.2) is 65.8 Å². The van der Waals surface area contributed by atoms with Crippen molar-refractivity contribution >= 4 is 20.8 Å². The molecular weight excluding hydrogens is 334 g/mol. The molecule has 0 spiro atoms. The molecule has 0 bridgehead atoms. The molecule has 1 saturated heterocycles. The number of fused-ring (bicyclic) bond motifs is 1. The summed E-state index contributed by atoms with van der Waals surface area (Å²) in [5.41, 5.74) is 0. The van der Waals surface area contributed by atoms with Crippen LogP contribution in [0.3, 0.4) is 0 Å². The highest BCUT2D eigenvalue weighted by Gasteiger charge is 2.29. The van der Waals surface area contributed by atoms with Crippen LogP contribution in [-0.4, -0.2) is 35.6 Å². The smallest absolute Gasteiger partial charge is 0.243 e.